The van der Waals surface area contributed by atoms with E-state index >= 15 is 0 Å². The van der Waals surface area contributed by atoms with Crippen LogP contribution in [0, 0.1) is 0 Å². The van der Waals surface area contributed by atoms with Crippen molar-refractivity contribution in [1.82, 2.24) is 14.5 Å². The van der Waals surface area contributed by atoms with Crippen LogP contribution in [0.4, 0.5) is 0 Å². The number of ether oxygens (including phenoxy) is 2. The van der Waals surface area contributed by atoms with Crippen molar-refractivity contribution in [2.75, 3.05) is 20.8 Å². The third kappa shape index (κ3) is 4.56. The van der Waals surface area contributed by atoms with Crippen molar-refractivity contribution in [3.05, 3.63) is 82.4 Å². The number of halogens is 1. The van der Waals surface area contributed by atoms with Gasteiger partial charge in [0.1, 0.15) is 5.76 Å². The normalized spacial score (nSPS) is 17.3. The minimum absolute atomic E-state index is 0.0437. The van der Waals surface area contributed by atoms with E-state index < -0.39 is 17.7 Å². The van der Waals surface area contributed by atoms with Crippen LogP contribution in [0.25, 0.3) is 5.76 Å². The van der Waals surface area contributed by atoms with Crippen LogP contribution in [0.2, 0.25) is 0 Å². The van der Waals surface area contributed by atoms with Crippen molar-refractivity contribution in [2.45, 2.75) is 19.0 Å². The SMILES string of the molecule is COc1ccc([C@@H]2/C(=C(\O)c3ccc(Br)cc3)C(=O)C(=O)N2CCCn2ccnc2)cc1OC. The zero-order valence-electron chi connectivity index (χ0n) is 18.8. The molecule has 1 fully saturated rings. The summed E-state index contributed by atoms with van der Waals surface area (Å²) in [5.74, 6) is -0.599. The minimum Gasteiger partial charge on any atom is -0.507 e. The molecule has 176 valence electrons. The first-order valence-corrected chi connectivity index (χ1v) is 11.5. The van der Waals surface area contributed by atoms with E-state index in [-0.39, 0.29) is 11.3 Å². The molecule has 3 aromatic rings. The van der Waals surface area contributed by atoms with E-state index in [0.29, 0.717) is 42.1 Å². The third-order valence-corrected chi connectivity index (χ3v) is 6.28. The molecule has 1 saturated heterocycles. The molecular formula is C25H24BrN3O5. The van der Waals surface area contributed by atoms with Gasteiger partial charge in [-0.3, -0.25) is 9.59 Å². The van der Waals surface area contributed by atoms with Crippen LogP contribution in [0.5, 0.6) is 11.5 Å². The smallest absolute Gasteiger partial charge is 0.295 e. The van der Waals surface area contributed by atoms with Crippen molar-refractivity contribution < 1.29 is 24.2 Å². The number of carbonyl (C=O) groups excluding carboxylic acids is 2. The number of nitrogens with zero attached hydrogens (tertiary/aromatic N) is 3. The van der Waals surface area contributed by atoms with Crippen molar-refractivity contribution in [1.29, 1.82) is 0 Å². The molecule has 0 bridgehead atoms. The summed E-state index contributed by atoms with van der Waals surface area (Å²) in [6, 6.07) is 11.4. The summed E-state index contributed by atoms with van der Waals surface area (Å²) in [5, 5.41) is 11.1. The maximum absolute atomic E-state index is 13.2. The first-order valence-electron chi connectivity index (χ1n) is 10.7. The number of Topliss-reactive ketones (excluding diaryl/α,β-unsaturated/α-hetero) is 1. The summed E-state index contributed by atoms with van der Waals surface area (Å²) in [7, 11) is 3.05. The summed E-state index contributed by atoms with van der Waals surface area (Å²) >= 11 is 3.37. The maximum Gasteiger partial charge on any atom is 0.295 e. The highest BCUT2D eigenvalue weighted by Crippen LogP contribution is 2.42. The van der Waals surface area contributed by atoms with Crippen molar-refractivity contribution in [2.24, 2.45) is 0 Å². The molecule has 9 heteroatoms. The van der Waals surface area contributed by atoms with Crippen molar-refractivity contribution in [3.63, 3.8) is 0 Å². The Bertz CT molecular complexity index is 1220. The number of hydrogen-bond acceptors (Lipinski definition) is 6. The Morgan fingerprint density at radius 1 is 1.06 bits per heavy atom. The predicted molar refractivity (Wildman–Crippen MR) is 130 cm³/mol. The minimum atomic E-state index is -0.772. The number of amides is 1. The fourth-order valence-electron chi connectivity index (χ4n) is 4.09. The van der Waals surface area contributed by atoms with Gasteiger partial charge in [0, 0.05) is 35.5 Å². The third-order valence-electron chi connectivity index (χ3n) is 5.76. The molecule has 0 unspecified atom stereocenters. The molecule has 34 heavy (non-hydrogen) atoms. The Hall–Kier alpha value is -3.59. The molecule has 1 aliphatic rings. The molecular weight excluding hydrogens is 502 g/mol. The van der Waals surface area contributed by atoms with Gasteiger partial charge < -0.3 is 24.0 Å². The molecule has 1 aliphatic heterocycles. The molecule has 1 amide bonds. The number of benzene rings is 2. The molecule has 0 aliphatic carbocycles. The number of ketones is 1. The first-order chi connectivity index (χ1) is 16.4. The lowest BCUT2D eigenvalue weighted by Crippen LogP contribution is -2.31. The van der Waals surface area contributed by atoms with E-state index in [1.54, 1.807) is 55.0 Å². The Balaban J connectivity index is 1.77. The second kappa shape index (κ2) is 10.1. The van der Waals surface area contributed by atoms with Gasteiger partial charge in [0.15, 0.2) is 11.5 Å². The molecule has 0 radical (unpaired) electrons. The van der Waals surface area contributed by atoms with E-state index in [0.717, 1.165) is 4.47 Å². The molecule has 1 N–H and O–H groups in total. The first kappa shape index (κ1) is 23.6. The molecule has 1 atom stereocenters. The monoisotopic (exact) mass is 525 g/mol. The summed E-state index contributed by atoms with van der Waals surface area (Å²) < 4.78 is 13.5. The molecule has 0 spiro atoms. The Kier molecular flexibility index (Phi) is 7.02. The molecule has 1 aromatic heterocycles. The predicted octanol–water partition coefficient (Wildman–Crippen LogP) is 4.17. The van der Waals surface area contributed by atoms with Crippen LogP contribution < -0.4 is 9.47 Å². The van der Waals surface area contributed by atoms with Crippen LogP contribution in [0.15, 0.2) is 71.2 Å². The van der Waals surface area contributed by atoms with Gasteiger partial charge in [-0.1, -0.05) is 34.1 Å². The number of aliphatic hydroxyl groups excluding tert-OH is 1. The Morgan fingerprint density at radius 3 is 2.44 bits per heavy atom. The molecule has 2 aromatic carbocycles. The van der Waals surface area contributed by atoms with E-state index in [9.17, 15) is 14.7 Å². The molecule has 0 saturated carbocycles. The van der Waals surface area contributed by atoms with Gasteiger partial charge in [-0.05, 0) is 36.2 Å². The van der Waals surface area contributed by atoms with Gasteiger partial charge in [0.05, 0.1) is 32.2 Å². The molecule has 8 nitrogen and oxygen atoms in total. The molecule has 4 rings (SSSR count). The largest absolute Gasteiger partial charge is 0.507 e. The van der Waals surface area contributed by atoms with Gasteiger partial charge >= 0.3 is 0 Å². The molecule has 2 heterocycles. The standard InChI is InChI=1S/C25H24BrN3O5/c1-33-19-9-6-17(14-20(19)34-2)22-21(23(30)16-4-7-18(26)8-5-16)24(31)25(32)29(22)12-3-11-28-13-10-27-15-28/h4-10,13-15,22,30H,3,11-12H2,1-2H3/b23-21+/t22-/m1/s1. The number of methoxy groups -OCH3 is 2. The van der Waals surface area contributed by atoms with Crippen molar-refractivity contribution in [3.8, 4) is 11.5 Å². The van der Waals surface area contributed by atoms with Crippen LogP contribution in [0.1, 0.15) is 23.6 Å². The van der Waals surface area contributed by atoms with Gasteiger partial charge in [0.2, 0.25) is 0 Å². The Morgan fingerprint density at radius 2 is 1.79 bits per heavy atom. The number of aliphatic hydroxyl groups is 1. The van der Waals surface area contributed by atoms with E-state index in [2.05, 4.69) is 20.9 Å². The number of imidazole rings is 1. The number of carbonyl (C=O) groups is 2. The average molecular weight is 526 g/mol. The lowest BCUT2D eigenvalue weighted by molar-refractivity contribution is -0.139. The van der Waals surface area contributed by atoms with Gasteiger partial charge in [-0.15, -0.1) is 0 Å². The van der Waals surface area contributed by atoms with Crippen LogP contribution in [-0.4, -0.2) is 52.0 Å². The maximum atomic E-state index is 13.2. The number of aryl methyl sites for hydroxylation is 1. The number of aromatic nitrogens is 2. The number of likely N-dealkylation sites (tertiary alicyclic amines) is 1. The zero-order valence-corrected chi connectivity index (χ0v) is 20.4. The number of hydrogen-bond donors (Lipinski definition) is 1. The highest BCUT2D eigenvalue weighted by Gasteiger charge is 2.46. The summed E-state index contributed by atoms with van der Waals surface area (Å²) in [5.41, 5.74) is 1.13. The second-order valence-corrected chi connectivity index (χ2v) is 8.68. The summed E-state index contributed by atoms with van der Waals surface area (Å²) in [6.45, 7) is 0.952. The van der Waals surface area contributed by atoms with Crippen LogP contribution in [-0.2, 0) is 16.1 Å². The zero-order chi connectivity index (χ0) is 24.2. The summed E-state index contributed by atoms with van der Waals surface area (Å²) in [6.07, 6.45) is 5.83. The van der Waals surface area contributed by atoms with Gasteiger partial charge in [-0.25, -0.2) is 4.98 Å². The van der Waals surface area contributed by atoms with Crippen LogP contribution >= 0.6 is 15.9 Å². The van der Waals surface area contributed by atoms with Crippen LogP contribution in [0.3, 0.4) is 0 Å². The highest BCUT2D eigenvalue weighted by atomic mass is 79.9. The fraction of sp³-hybridized carbons (Fsp3) is 0.240. The van der Waals surface area contributed by atoms with Crippen molar-refractivity contribution >= 4 is 33.4 Å². The lowest BCUT2D eigenvalue weighted by Gasteiger charge is -2.26. The Labute approximate surface area is 205 Å². The summed E-state index contributed by atoms with van der Waals surface area (Å²) in [4.78, 5) is 31.8. The number of rotatable bonds is 8. The van der Waals surface area contributed by atoms with E-state index in [4.69, 9.17) is 9.47 Å². The fourth-order valence-corrected chi connectivity index (χ4v) is 4.35. The van der Waals surface area contributed by atoms with Gasteiger partial charge in [-0.2, -0.15) is 0 Å². The lowest BCUT2D eigenvalue weighted by atomic mass is 9.95. The quantitative estimate of drug-likeness (QED) is 0.269. The van der Waals surface area contributed by atoms with E-state index in [1.165, 1.54) is 19.1 Å². The highest BCUT2D eigenvalue weighted by molar-refractivity contribution is 9.10. The van der Waals surface area contributed by atoms with E-state index in [1.807, 2.05) is 10.8 Å². The topological polar surface area (TPSA) is 93.9 Å². The second-order valence-electron chi connectivity index (χ2n) is 7.77. The average Bonchev–Trinajstić information content (AvgIpc) is 3.46. The van der Waals surface area contributed by atoms with Gasteiger partial charge in [0.25, 0.3) is 11.7 Å².